The van der Waals surface area contributed by atoms with Gasteiger partial charge in [0, 0.05) is 35.6 Å². The maximum absolute atomic E-state index is 15.3. The van der Waals surface area contributed by atoms with E-state index in [1.54, 1.807) is 48.7 Å². The number of aryl methyl sites for hydroxylation is 1. The maximum atomic E-state index is 15.3. The van der Waals surface area contributed by atoms with Gasteiger partial charge in [0.05, 0.1) is 48.6 Å². The number of ether oxygens (including phenoxy) is 2. The van der Waals surface area contributed by atoms with E-state index >= 15 is 4.39 Å². The van der Waals surface area contributed by atoms with Crippen molar-refractivity contribution in [2.24, 2.45) is 5.73 Å². The van der Waals surface area contributed by atoms with Gasteiger partial charge in [0.2, 0.25) is 23.6 Å². The number of nitrogens with zero attached hydrogens (tertiary/aromatic N) is 2. The number of hydrogen-bond acceptors (Lipinski definition) is 11. The Morgan fingerprint density at radius 1 is 1.05 bits per heavy atom. The summed E-state index contributed by atoms with van der Waals surface area (Å²) >= 11 is 0. The number of rotatable bonds is 15. The predicted octanol–water partition coefficient (Wildman–Crippen LogP) is 0.956. The Labute approximate surface area is 338 Å². The summed E-state index contributed by atoms with van der Waals surface area (Å²) < 4.78 is 27.9. The number of cyclic esters (lactones) is 1. The van der Waals surface area contributed by atoms with Crippen molar-refractivity contribution in [1.82, 2.24) is 30.8 Å². The zero-order valence-electron chi connectivity index (χ0n) is 32.7. The zero-order valence-corrected chi connectivity index (χ0v) is 32.7. The molecule has 2 aromatic heterocycles. The summed E-state index contributed by atoms with van der Waals surface area (Å²) in [6, 6.07) is 11.0. The Bertz CT molecular complexity index is 2420. The van der Waals surface area contributed by atoms with Crippen LogP contribution in [0.5, 0.6) is 0 Å². The van der Waals surface area contributed by atoms with Gasteiger partial charge in [0.1, 0.15) is 25.2 Å². The van der Waals surface area contributed by atoms with Crippen LogP contribution < -0.4 is 32.6 Å². The first kappa shape index (κ1) is 41.1. The molecule has 1 aliphatic carbocycles. The van der Waals surface area contributed by atoms with Gasteiger partial charge in [-0.3, -0.25) is 24.0 Å². The molecule has 3 atom stereocenters. The second-order valence-electron chi connectivity index (χ2n) is 15.0. The quantitative estimate of drug-likeness (QED) is 0.0495. The van der Waals surface area contributed by atoms with Crippen LogP contribution in [-0.2, 0) is 65.0 Å². The molecule has 310 valence electrons. The second kappa shape index (κ2) is 17.1. The SMILES string of the molecule is CC[C@@]1(O)C(=O)OCc2c1cc1n(c2=O)Cc2c-1nc1cc(F)c(C)c3c1c2C(CCOCNC(=O)CNC(=O)[C@H](Cc1ccccc1)NC(=O)CNC(=O)CN)CC3. The number of esters is 1. The standard InChI is InChI=1S/C42H46FN7O9/c1-3-42(57)28-14-32-38-26(19-50(32)40(55)27(28)20-59-41(42)56)36-24(9-10-25-22(2)29(43)15-30(49-38)37(25)36)11-12-58-21-47-34(52)17-46-39(54)31(13-23-7-5-4-6-8-23)48-35(53)18-45-33(51)16-44/h4-8,14-15,24,31,57H,3,9-13,16-21,44H2,1-2H3,(H,45,51)(H,46,54)(H,47,52)(H,48,53)/t24?,31-,42-/m0/s1. The summed E-state index contributed by atoms with van der Waals surface area (Å²) in [6.45, 7) is 2.37. The maximum Gasteiger partial charge on any atom is 0.343 e. The molecule has 0 saturated heterocycles. The Hall–Kier alpha value is -6.04. The summed E-state index contributed by atoms with van der Waals surface area (Å²) in [5.41, 5.74) is 8.62. The van der Waals surface area contributed by atoms with Gasteiger partial charge in [-0.2, -0.15) is 0 Å². The fourth-order valence-corrected chi connectivity index (χ4v) is 8.28. The highest BCUT2D eigenvalue weighted by atomic mass is 19.1. The molecule has 0 radical (unpaired) electrons. The number of carbonyl (C=O) groups excluding carboxylic acids is 5. The fraction of sp³-hybridized carbons (Fsp3) is 0.405. The van der Waals surface area contributed by atoms with Crippen LogP contribution in [0, 0.1) is 12.7 Å². The molecule has 0 fully saturated rings. The van der Waals surface area contributed by atoms with Crippen molar-refractivity contribution < 1.29 is 42.9 Å². The molecular weight excluding hydrogens is 765 g/mol. The Balaban J connectivity index is 1.01. The van der Waals surface area contributed by atoms with E-state index in [9.17, 15) is 33.9 Å². The molecular formula is C42H46FN7O9. The van der Waals surface area contributed by atoms with Gasteiger partial charge >= 0.3 is 5.97 Å². The van der Waals surface area contributed by atoms with E-state index in [0.717, 1.165) is 27.6 Å². The summed E-state index contributed by atoms with van der Waals surface area (Å²) in [5.74, 6) is -3.52. The van der Waals surface area contributed by atoms with Crippen molar-refractivity contribution >= 4 is 40.5 Å². The Morgan fingerprint density at radius 3 is 2.56 bits per heavy atom. The molecule has 17 heteroatoms. The molecule has 3 aliphatic rings. The van der Waals surface area contributed by atoms with Crippen LogP contribution in [0.1, 0.15) is 71.0 Å². The number of aliphatic hydroxyl groups is 1. The number of hydrogen-bond donors (Lipinski definition) is 6. The molecule has 2 aromatic carbocycles. The number of benzene rings is 2. The van der Waals surface area contributed by atoms with Crippen molar-refractivity contribution in [1.29, 1.82) is 0 Å². The number of aromatic nitrogens is 2. The molecule has 7 N–H and O–H groups in total. The molecule has 59 heavy (non-hydrogen) atoms. The van der Waals surface area contributed by atoms with E-state index in [1.807, 2.05) is 6.07 Å². The molecule has 4 aromatic rings. The minimum absolute atomic E-state index is 0.00403. The number of carbonyl (C=O) groups is 5. The van der Waals surface area contributed by atoms with Crippen LogP contribution in [0.2, 0.25) is 0 Å². The number of nitrogens with two attached hydrogens (primary N) is 1. The first-order valence-corrected chi connectivity index (χ1v) is 19.6. The lowest BCUT2D eigenvalue weighted by Gasteiger charge is -2.31. The Kier molecular flexibility index (Phi) is 11.9. The number of nitrogens with one attached hydrogen (secondary N) is 4. The molecule has 4 heterocycles. The highest BCUT2D eigenvalue weighted by Crippen LogP contribution is 2.47. The van der Waals surface area contributed by atoms with Gasteiger partial charge in [-0.25, -0.2) is 14.2 Å². The van der Waals surface area contributed by atoms with Crippen LogP contribution in [0.25, 0.3) is 22.3 Å². The molecule has 0 bridgehead atoms. The lowest BCUT2D eigenvalue weighted by molar-refractivity contribution is -0.172. The second-order valence-corrected chi connectivity index (χ2v) is 15.0. The molecule has 16 nitrogen and oxygen atoms in total. The van der Waals surface area contributed by atoms with E-state index in [0.29, 0.717) is 41.7 Å². The first-order chi connectivity index (χ1) is 28.3. The number of fused-ring (bicyclic) bond motifs is 5. The highest BCUT2D eigenvalue weighted by molar-refractivity contribution is 5.94. The van der Waals surface area contributed by atoms with Crippen molar-refractivity contribution in [3.05, 3.63) is 97.6 Å². The van der Waals surface area contributed by atoms with Gasteiger partial charge < -0.3 is 46.1 Å². The normalized spacial score (nSPS) is 17.9. The van der Waals surface area contributed by atoms with Gasteiger partial charge in [0.15, 0.2) is 5.60 Å². The average molecular weight is 812 g/mol. The monoisotopic (exact) mass is 811 g/mol. The average Bonchev–Trinajstić information content (AvgIpc) is 3.61. The number of pyridine rings is 2. The largest absolute Gasteiger partial charge is 0.458 e. The van der Waals surface area contributed by atoms with Gasteiger partial charge in [-0.15, -0.1) is 0 Å². The smallest absolute Gasteiger partial charge is 0.343 e. The van der Waals surface area contributed by atoms with E-state index in [-0.39, 0.29) is 87.4 Å². The molecule has 0 spiro atoms. The van der Waals surface area contributed by atoms with Gasteiger partial charge in [0.25, 0.3) is 5.56 Å². The highest BCUT2D eigenvalue weighted by Gasteiger charge is 2.46. The van der Waals surface area contributed by atoms with Crippen LogP contribution >= 0.6 is 0 Å². The fourth-order valence-electron chi connectivity index (χ4n) is 8.28. The molecule has 4 amide bonds. The van der Waals surface area contributed by atoms with E-state index in [2.05, 4.69) is 21.3 Å². The zero-order chi connectivity index (χ0) is 42.0. The molecule has 7 rings (SSSR count). The Morgan fingerprint density at radius 2 is 1.81 bits per heavy atom. The van der Waals surface area contributed by atoms with Crippen LogP contribution in [0.3, 0.4) is 0 Å². The lowest BCUT2D eigenvalue weighted by Crippen LogP contribution is -2.52. The van der Waals surface area contributed by atoms with Crippen LogP contribution in [0.4, 0.5) is 4.39 Å². The van der Waals surface area contributed by atoms with E-state index in [1.165, 1.54) is 6.07 Å². The molecule has 1 unspecified atom stereocenters. The minimum Gasteiger partial charge on any atom is -0.458 e. The third kappa shape index (κ3) is 8.05. The summed E-state index contributed by atoms with van der Waals surface area (Å²) in [5, 5.41) is 22.3. The predicted molar refractivity (Wildman–Crippen MR) is 211 cm³/mol. The number of halogens is 1. The van der Waals surface area contributed by atoms with Gasteiger partial charge in [-0.05, 0) is 66.8 Å². The summed E-state index contributed by atoms with van der Waals surface area (Å²) in [4.78, 5) is 81.3. The topological polar surface area (TPSA) is 233 Å². The van der Waals surface area contributed by atoms with Crippen molar-refractivity contribution in [3.63, 3.8) is 0 Å². The van der Waals surface area contributed by atoms with E-state index in [4.69, 9.17) is 20.2 Å². The van der Waals surface area contributed by atoms with Crippen molar-refractivity contribution in [2.75, 3.05) is 33.0 Å². The van der Waals surface area contributed by atoms with Gasteiger partial charge in [-0.1, -0.05) is 37.3 Å². The van der Waals surface area contributed by atoms with E-state index < -0.39 is 41.2 Å². The third-order valence-electron chi connectivity index (χ3n) is 11.5. The minimum atomic E-state index is -1.98. The van der Waals surface area contributed by atoms with Crippen LogP contribution in [-0.4, -0.2) is 83.3 Å². The lowest BCUT2D eigenvalue weighted by atomic mass is 9.77. The molecule has 2 aliphatic heterocycles. The first-order valence-electron chi connectivity index (χ1n) is 19.6. The van der Waals surface area contributed by atoms with Crippen molar-refractivity contribution in [2.45, 2.75) is 76.7 Å². The third-order valence-corrected chi connectivity index (χ3v) is 11.5. The van der Waals surface area contributed by atoms with Crippen molar-refractivity contribution in [3.8, 4) is 11.4 Å². The summed E-state index contributed by atoms with van der Waals surface area (Å²) in [6.07, 6.45) is 1.95. The number of amides is 4. The summed E-state index contributed by atoms with van der Waals surface area (Å²) in [7, 11) is 0. The molecule has 0 saturated carbocycles. The van der Waals surface area contributed by atoms with Crippen LogP contribution in [0.15, 0.2) is 47.3 Å².